The van der Waals surface area contributed by atoms with E-state index in [1.54, 1.807) is 24.3 Å². The smallest absolute Gasteiger partial charge is 0.241 e. The summed E-state index contributed by atoms with van der Waals surface area (Å²) in [5, 5.41) is 2.73. The van der Waals surface area contributed by atoms with Gasteiger partial charge >= 0.3 is 0 Å². The number of nitrogens with two attached hydrogens (primary N) is 1. The van der Waals surface area contributed by atoms with Crippen LogP contribution in [-0.4, -0.2) is 25.2 Å². The number of fused-ring (bicyclic) bond motifs is 1. The molecule has 2 rings (SSSR count). The molecule has 0 spiro atoms. The Morgan fingerprint density at radius 3 is 2.89 bits per heavy atom. The van der Waals surface area contributed by atoms with Gasteiger partial charge in [0.05, 0.1) is 6.04 Å². The zero-order chi connectivity index (χ0) is 13.0. The summed E-state index contributed by atoms with van der Waals surface area (Å²) in [6.07, 6.45) is 2.06. The van der Waals surface area contributed by atoms with Gasteiger partial charge < -0.3 is 20.5 Å². The SMILES string of the molecule is C=CCC(N)C(=O)Nc1ccc2c(c1)OCCO2. The van der Waals surface area contributed by atoms with Gasteiger partial charge in [-0.2, -0.15) is 0 Å². The predicted octanol–water partition coefficient (Wildman–Crippen LogP) is 1.30. The molecule has 5 nitrogen and oxygen atoms in total. The zero-order valence-corrected chi connectivity index (χ0v) is 10.0. The monoisotopic (exact) mass is 248 g/mol. The molecule has 1 unspecified atom stereocenters. The van der Waals surface area contributed by atoms with Crippen LogP contribution in [0.4, 0.5) is 5.69 Å². The van der Waals surface area contributed by atoms with Crippen molar-refractivity contribution in [1.29, 1.82) is 0 Å². The number of carbonyl (C=O) groups is 1. The molecule has 0 bridgehead atoms. The van der Waals surface area contributed by atoms with Crippen molar-refractivity contribution in [3.05, 3.63) is 30.9 Å². The quantitative estimate of drug-likeness (QED) is 0.788. The highest BCUT2D eigenvalue weighted by molar-refractivity contribution is 5.95. The fraction of sp³-hybridized carbons (Fsp3) is 0.308. The van der Waals surface area contributed by atoms with Crippen LogP contribution in [0.1, 0.15) is 6.42 Å². The molecule has 3 N–H and O–H groups in total. The summed E-state index contributed by atoms with van der Waals surface area (Å²) in [7, 11) is 0. The van der Waals surface area contributed by atoms with E-state index in [-0.39, 0.29) is 5.91 Å². The maximum atomic E-state index is 11.7. The Bertz CT molecular complexity index is 460. The van der Waals surface area contributed by atoms with E-state index in [1.165, 1.54) is 0 Å². The van der Waals surface area contributed by atoms with Gasteiger partial charge in [-0.05, 0) is 18.6 Å². The van der Waals surface area contributed by atoms with Crippen LogP contribution in [0.15, 0.2) is 30.9 Å². The topological polar surface area (TPSA) is 73.6 Å². The minimum absolute atomic E-state index is 0.244. The number of carbonyl (C=O) groups excluding carboxylic acids is 1. The lowest BCUT2D eigenvalue weighted by atomic mass is 10.2. The first-order chi connectivity index (χ1) is 8.70. The average molecular weight is 248 g/mol. The van der Waals surface area contributed by atoms with Gasteiger partial charge in [0.1, 0.15) is 13.2 Å². The summed E-state index contributed by atoms with van der Waals surface area (Å²) in [5.41, 5.74) is 6.32. The molecule has 0 saturated heterocycles. The van der Waals surface area contributed by atoms with Gasteiger partial charge in [-0.1, -0.05) is 6.08 Å². The van der Waals surface area contributed by atoms with Crippen LogP contribution in [0.2, 0.25) is 0 Å². The lowest BCUT2D eigenvalue weighted by Gasteiger charge is -2.19. The van der Waals surface area contributed by atoms with Crippen LogP contribution in [0, 0.1) is 0 Å². The average Bonchev–Trinajstić information content (AvgIpc) is 2.39. The molecular formula is C13H16N2O3. The third-order valence-electron chi connectivity index (χ3n) is 2.57. The molecule has 96 valence electrons. The number of hydrogen-bond acceptors (Lipinski definition) is 4. The lowest BCUT2D eigenvalue weighted by Crippen LogP contribution is -2.35. The van der Waals surface area contributed by atoms with Gasteiger partial charge in [-0.15, -0.1) is 6.58 Å². The maximum Gasteiger partial charge on any atom is 0.241 e. The molecule has 1 heterocycles. The number of nitrogens with one attached hydrogen (secondary N) is 1. The summed E-state index contributed by atoms with van der Waals surface area (Å²) in [5.74, 6) is 1.08. The number of hydrogen-bond donors (Lipinski definition) is 2. The highest BCUT2D eigenvalue weighted by atomic mass is 16.6. The summed E-state index contributed by atoms with van der Waals surface area (Å²) >= 11 is 0. The van der Waals surface area contributed by atoms with Crippen molar-refractivity contribution in [2.75, 3.05) is 18.5 Å². The molecule has 1 amide bonds. The largest absolute Gasteiger partial charge is 0.486 e. The Hall–Kier alpha value is -2.01. The molecule has 1 aromatic carbocycles. The minimum atomic E-state index is -0.587. The molecule has 0 fully saturated rings. The van der Waals surface area contributed by atoms with Gasteiger partial charge in [0.2, 0.25) is 5.91 Å². The zero-order valence-electron chi connectivity index (χ0n) is 10.0. The van der Waals surface area contributed by atoms with E-state index in [0.29, 0.717) is 36.8 Å². The predicted molar refractivity (Wildman–Crippen MR) is 68.9 cm³/mol. The molecule has 0 saturated carbocycles. The molecule has 1 aliphatic rings. The van der Waals surface area contributed by atoms with Gasteiger partial charge in [0, 0.05) is 11.8 Å². The van der Waals surface area contributed by atoms with Crippen LogP contribution < -0.4 is 20.5 Å². The highest BCUT2D eigenvalue weighted by Gasteiger charge is 2.15. The summed E-state index contributed by atoms with van der Waals surface area (Å²) in [6, 6.07) is 4.66. The van der Waals surface area contributed by atoms with Gasteiger partial charge in [-0.25, -0.2) is 0 Å². The van der Waals surface area contributed by atoms with Crippen molar-refractivity contribution in [3.8, 4) is 11.5 Å². The summed E-state index contributed by atoms with van der Waals surface area (Å²) in [6.45, 7) is 4.61. The molecule has 0 aliphatic carbocycles. The van der Waals surface area contributed by atoms with E-state index < -0.39 is 6.04 Å². The van der Waals surface area contributed by atoms with Crippen LogP contribution in [-0.2, 0) is 4.79 Å². The number of ether oxygens (including phenoxy) is 2. The van der Waals surface area contributed by atoms with Crippen LogP contribution in [0.25, 0.3) is 0 Å². The second-order valence-corrected chi connectivity index (χ2v) is 3.98. The third kappa shape index (κ3) is 2.81. The van der Waals surface area contributed by atoms with Crippen molar-refractivity contribution >= 4 is 11.6 Å². The molecule has 18 heavy (non-hydrogen) atoms. The first-order valence-corrected chi connectivity index (χ1v) is 5.77. The van der Waals surface area contributed by atoms with Gasteiger partial charge in [0.25, 0.3) is 0 Å². The first-order valence-electron chi connectivity index (χ1n) is 5.77. The Morgan fingerprint density at radius 1 is 1.44 bits per heavy atom. The molecule has 0 aromatic heterocycles. The Balaban J connectivity index is 2.05. The Morgan fingerprint density at radius 2 is 2.17 bits per heavy atom. The van der Waals surface area contributed by atoms with Crippen LogP contribution in [0.5, 0.6) is 11.5 Å². The third-order valence-corrected chi connectivity index (χ3v) is 2.57. The molecule has 0 radical (unpaired) electrons. The lowest BCUT2D eigenvalue weighted by molar-refractivity contribution is -0.117. The minimum Gasteiger partial charge on any atom is -0.486 e. The summed E-state index contributed by atoms with van der Waals surface area (Å²) < 4.78 is 10.8. The molecule has 1 aromatic rings. The van der Waals surface area contributed by atoms with Crippen molar-refractivity contribution in [2.24, 2.45) is 5.73 Å². The molecule has 1 atom stereocenters. The van der Waals surface area contributed by atoms with Gasteiger partial charge in [0.15, 0.2) is 11.5 Å². The van der Waals surface area contributed by atoms with Gasteiger partial charge in [-0.3, -0.25) is 4.79 Å². The fourth-order valence-electron chi connectivity index (χ4n) is 1.64. The fourth-order valence-corrected chi connectivity index (χ4v) is 1.64. The number of benzene rings is 1. The number of amides is 1. The molecule has 1 aliphatic heterocycles. The normalized spacial score (nSPS) is 14.7. The highest BCUT2D eigenvalue weighted by Crippen LogP contribution is 2.32. The van der Waals surface area contributed by atoms with Crippen LogP contribution in [0.3, 0.4) is 0 Å². The van der Waals surface area contributed by atoms with E-state index in [9.17, 15) is 4.79 Å². The number of rotatable bonds is 4. The Labute approximate surface area is 106 Å². The second kappa shape index (κ2) is 5.55. The summed E-state index contributed by atoms with van der Waals surface area (Å²) in [4.78, 5) is 11.7. The van der Waals surface area contributed by atoms with Crippen LogP contribution >= 0.6 is 0 Å². The molecular weight excluding hydrogens is 232 g/mol. The number of anilines is 1. The first kappa shape index (κ1) is 12.4. The standard InChI is InChI=1S/C13H16N2O3/c1-2-3-10(14)13(16)15-9-4-5-11-12(8-9)18-7-6-17-11/h2,4-5,8,10H,1,3,6-7,14H2,(H,15,16). The van der Waals surface area contributed by atoms with Crippen molar-refractivity contribution < 1.29 is 14.3 Å². The van der Waals surface area contributed by atoms with E-state index in [0.717, 1.165) is 0 Å². The van der Waals surface area contributed by atoms with Crippen molar-refractivity contribution in [2.45, 2.75) is 12.5 Å². The van der Waals surface area contributed by atoms with Crippen molar-refractivity contribution in [1.82, 2.24) is 0 Å². The molecule has 5 heteroatoms. The second-order valence-electron chi connectivity index (χ2n) is 3.98. The van der Waals surface area contributed by atoms with E-state index in [1.807, 2.05) is 0 Å². The van der Waals surface area contributed by atoms with E-state index >= 15 is 0 Å². The van der Waals surface area contributed by atoms with E-state index in [2.05, 4.69) is 11.9 Å². The maximum absolute atomic E-state index is 11.7. The van der Waals surface area contributed by atoms with E-state index in [4.69, 9.17) is 15.2 Å². The Kier molecular flexibility index (Phi) is 3.84. The van der Waals surface area contributed by atoms with Crippen molar-refractivity contribution in [3.63, 3.8) is 0 Å².